The van der Waals surface area contributed by atoms with Crippen LogP contribution in [0.15, 0.2) is 34.5 Å². The molecule has 1 saturated heterocycles. The smallest absolute Gasteiger partial charge is 0.231 e. The fourth-order valence-electron chi connectivity index (χ4n) is 4.44. The molecule has 8 nitrogen and oxygen atoms in total. The number of benzene rings is 2. The molecule has 9 heteroatoms. The number of hydrogen-bond acceptors (Lipinski definition) is 8. The number of aromatic hydroxyl groups is 1. The molecule has 0 radical (unpaired) electrons. The van der Waals surface area contributed by atoms with Crippen molar-refractivity contribution >= 4 is 27.8 Å². The number of rotatable bonds is 5. The topological polar surface area (TPSA) is 91.7 Å². The van der Waals surface area contributed by atoms with Gasteiger partial charge in [0.05, 0.1) is 24.3 Å². The number of carbonyl (C=O) groups is 1. The Morgan fingerprint density at radius 3 is 2.67 bits per heavy atom. The number of phenols is 1. The zero-order chi connectivity index (χ0) is 22.9. The lowest BCUT2D eigenvalue weighted by Crippen LogP contribution is -2.46. The van der Waals surface area contributed by atoms with E-state index in [-0.39, 0.29) is 30.7 Å². The number of allylic oxidation sites excluding steroid dienone is 1. The van der Waals surface area contributed by atoms with E-state index >= 15 is 0 Å². The molecule has 2 aromatic carbocycles. The summed E-state index contributed by atoms with van der Waals surface area (Å²) in [5, 5.41) is 19.7. The third-order valence-corrected chi connectivity index (χ3v) is 6.63. The van der Waals surface area contributed by atoms with Crippen molar-refractivity contribution in [3.8, 4) is 17.2 Å². The van der Waals surface area contributed by atoms with Crippen LogP contribution < -0.4 is 9.47 Å². The predicted molar refractivity (Wildman–Crippen MR) is 124 cm³/mol. The number of aliphatic hydroxyl groups is 1. The lowest BCUT2D eigenvalue weighted by Gasteiger charge is -2.34. The van der Waals surface area contributed by atoms with Crippen molar-refractivity contribution in [1.29, 1.82) is 0 Å². The van der Waals surface area contributed by atoms with Crippen LogP contribution in [0.2, 0.25) is 0 Å². The molecule has 3 heterocycles. The van der Waals surface area contributed by atoms with Gasteiger partial charge in [-0.3, -0.25) is 14.6 Å². The second-order valence-corrected chi connectivity index (χ2v) is 9.23. The van der Waals surface area contributed by atoms with Crippen molar-refractivity contribution in [1.82, 2.24) is 9.80 Å². The molecule has 3 aliphatic rings. The van der Waals surface area contributed by atoms with E-state index < -0.39 is 0 Å². The van der Waals surface area contributed by atoms with Crippen LogP contribution in [0.5, 0.6) is 17.2 Å². The van der Waals surface area contributed by atoms with Crippen molar-refractivity contribution in [2.75, 3.05) is 46.1 Å². The minimum absolute atomic E-state index is 0.112. The lowest BCUT2D eigenvalue weighted by molar-refractivity contribution is -0.0165. The van der Waals surface area contributed by atoms with E-state index in [9.17, 15) is 9.90 Å². The van der Waals surface area contributed by atoms with Gasteiger partial charge in [-0.15, -0.1) is 0 Å². The first-order valence-corrected chi connectivity index (χ1v) is 11.7. The maximum Gasteiger partial charge on any atom is 0.231 e. The van der Waals surface area contributed by atoms with Crippen molar-refractivity contribution in [2.24, 2.45) is 0 Å². The highest BCUT2D eigenvalue weighted by Gasteiger charge is 2.32. The Hall–Kier alpha value is -2.43. The van der Waals surface area contributed by atoms with Crippen molar-refractivity contribution in [2.45, 2.75) is 13.2 Å². The monoisotopic (exact) mass is 516 g/mol. The first-order valence-electron chi connectivity index (χ1n) is 10.9. The first kappa shape index (κ1) is 22.4. The van der Waals surface area contributed by atoms with Gasteiger partial charge >= 0.3 is 0 Å². The van der Waals surface area contributed by atoms with E-state index in [0.717, 1.165) is 41.8 Å². The Balaban J connectivity index is 1.41. The number of Topliss-reactive ketones (excluding diaryl/α,β-unsaturated/α-hetero) is 1. The van der Waals surface area contributed by atoms with Gasteiger partial charge in [0.15, 0.2) is 12.6 Å². The highest BCUT2D eigenvalue weighted by Crippen LogP contribution is 2.41. The second-order valence-electron chi connectivity index (χ2n) is 8.32. The summed E-state index contributed by atoms with van der Waals surface area (Å²) >= 11 is 3.50. The highest BCUT2D eigenvalue weighted by molar-refractivity contribution is 9.10. The van der Waals surface area contributed by atoms with Crippen molar-refractivity contribution in [3.05, 3.63) is 56.8 Å². The molecular weight excluding hydrogens is 492 g/mol. The fraction of sp³-hybridized carbons (Fsp3) is 0.375. The normalized spacial score (nSPS) is 19.8. The van der Waals surface area contributed by atoms with E-state index in [4.69, 9.17) is 19.3 Å². The molecule has 0 aromatic heterocycles. The van der Waals surface area contributed by atoms with Gasteiger partial charge in [-0.05, 0) is 30.3 Å². The van der Waals surface area contributed by atoms with Crippen LogP contribution in [0, 0.1) is 0 Å². The zero-order valence-corrected chi connectivity index (χ0v) is 19.6. The molecule has 0 spiro atoms. The van der Waals surface area contributed by atoms with E-state index in [0.29, 0.717) is 42.3 Å². The summed E-state index contributed by atoms with van der Waals surface area (Å²) in [5.74, 6) is 1.17. The second kappa shape index (κ2) is 9.44. The molecule has 0 unspecified atom stereocenters. The van der Waals surface area contributed by atoms with Gasteiger partial charge in [-0.25, -0.2) is 0 Å². The summed E-state index contributed by atoms with van der Waals surface area (Å²) in [6.45, 7) is 5.20. The third kappa shape index (κ3) is 4.51. The maximum atomic E-state index is 13.1. The van der Waals surface area contributed by atoms with Crippen LogP contribution in [0.25, 0.3) is 6.08 Å². The van der Waals surface area contributed by atoms with Crippen LogP contribution in [0.3, 0.4) is 0 Å². The molecule has 3 aliphatic heterocycles. The molecular formula is C24H25BrN2O6. The van der Waals surface area contributed by atoms with Gasteiger partial charge in [0.25, 0.3) is 0 Å². The Kier molecular flexibility index (Phi) is 6.40. The lowest BCUT2D eigenvalue weighted by atomic mass is 10.0. The molecule has 2 aromatic rings. The average molecular weight is 517 g/mol. The molecule has 0 amide bonds. The molecule has 33 heavy (non-hydrogen) atoms. The SMILES string of the molecule is O=C1/C(=C/c2cc(Br)cc3c2OCOC3)Oc2c1ccc(O)c2CN1CCN(CCO)CC1. The maximum absolute atomic E-state index is 13.1. The largest absolute Gasteiger partial charge is 0.507 e. The number of aliphatic hydroxyl groups excluding tert-OH is 1. The van der Waals surface area contributed by atoms with E-state index in [1.54, 1.807) is 18.2 Å². The number of carbonyl (C=O) groups excluding carboxylic acids is 1. The average Bonchev–Trinajstić information content (AvgIpc) is 3.12. The van der Waals surface area contributed by atoms with Gasteiger partial charge in [-0.1, -0.05) is 15.9 Å². The van der Waals surface area contributed by atoms with E-state index in [2.05, 4.69) is 25.7 Å². The zero-order valence-electron chi connectivity index (χ0n) is 18.1. The van der Waals surface area contributed by atoms with E-state index in [1.807, 2.05) is 12.1 Å². The minimum atomic E-state index is -0.222. The molecule has 0 bridgehead atoms. The predicted octanol–water partition coefficient (Wildman–Crippen LogP) is 2.75. The Morgan fingerprint density at radius 1 is 1.09 bits per heavy atom. The summed E-state index contributed by atoms with van der Waals surface area (Å²) in [4.78, 5) is 17.6. The third-order valence-electron chi connectivity index (χ3n) is 6.17. The van der Waals surface area contributed by atoms with Crippen LogP contribution in [-0.4, -0.2) is 71.9 Å². The van der Waals surface area contributed by atoms with Crippen LogP contribution in [-0.2, 0) is 17.9 Å². The van der Waals surface area contributed by atoms with Gasteiger partial charge in [0, 0.05) is 54.9 Å². The number of ketones is 1. The standard InChI is InChI=1S/C24H25BrN2O6/c25-17-9-15(23-16(10-17)13-31-14-32-23)11-21-22(30)18-1-2-20(29)19(24(18)33-21)12-27-5-3-26(4-6-27)7-8-28/h1-2,9-11,28-29H,3-8,12-14H2/b21-11-. The summed E-state index contributed by atoms with van der Waals surface area (Å²) in [6, 6.07) is 6.97. The van der Waals surface area contributed by atoms with Crippen LogP contribution in [0.1, 0.15) is 27.0 Å². The molecule has 1 fully saturated rings. The Bertz CT molecular complexity index is 1110. The van der Waals surface area contributed by atoms with Gasteiger partial charge in [0.2, 0.25) is 5.78 Å². The van der Waals surface area contributed by atoms with E-state index in [1.165, 1.54) is 0 Å². The number of ether oxygens (including phenoxy) is 3. The quantitative estimate of drug-likeness (QED) is 0.586. The molecule has 0 aliphatic carbocycles. The summed E-state index contributed by atoms with van der Waals surface area (Å²) in [6.07, 6.45) is 1.69. The van der Waals surface area contributed by atoms with Crippen LogP contribution >= 0.6 is 15.9 Å². The molecule has 2 N–H and O–H groups in total. The summed E-state index contributed by atoms with van der Waals surface area (Å²) in [7, 11) is 0. The molecule has 0 atom stereocenters. The number of phenolic OH excluding ortho intramolecular Hbond substituents is 1. The molecule has 0 saturated carbocycles. The minimum Gasteiger partial charge on any atom is -0.507 e. The summed E-state index contributed by atoms with van der Waals surface area (Å²) < 4.78 is 17.9. The van der Waals surface area contributed by atoms with Gasteiger partial charge in [-0.2, -0.15) is 0 Å². The van der Waals surface area contributed by atoms with Gasteiger partial charge < -0.3 is 24.4 Å². The number of halogens is 1. The summed E-state index contributed by atoms with van der Waals surface area (Å²) in [5.41, 5.74) is 2.68. The number of β-amino-alcohol motifs (C(OH)–C–C–N with tert-alkyl or cyclic N) is 1. The number of hydrogen-bond donors (Lipinski definition) is 2. The van der Waals surface area contributed by atoms with Crippen molar-refractivity contribution < 1.29 is 29.2 Å². The number of piperazine rings is 1. The first-order chi connectivity index (χ1) is 16.0. The number of nitrogens with zero attached hydrogens (tertiary/aromatic N) is 2. The Morgan fingerprint density at radius 2 is 1.88 bits per heavy atom. The Labute approximate surface area is 200 Å². The number of fused-ring (bicyclic) bond motifs is 2. The van der Waals surface area contributed by atoms with Crippen molar-refractivity contribution in [3.63, 3.8) is 0 Å². The molecule has 174 valence electrons. The van der Waals surface area contributed by atoms with Gasteiger partial charge in [0.1, 0.15) is 17.2 Å². The highest BCUT2D eigenvalue weighted by atomic mass is 79.9. The van der Waals surface area contributed by atoms with Crippen LogP contribution in [0.4, 0.5) is 0 Å². The fourth-order valence-corrected chi connectivity index (χ4v) is 4.97. The molecule has 5 rings (SSSR count).